The van der Waals surface area contributed by atoms with Crippen molar-refractivity contribution in [3.05, 3.63) is 0 Å². The van der Waals surface area contributed by atoms with E-state index in [1.807, 2.05) is 0 Å². The largest absolute Gasteiger partial charge is 4.00 e. The van der Waals surface area contributed by atoms with Crippen LogP contribution in [-0.2, 0) is 149 Å². The maximum atomic E-state index is 0. The van der Waals surface area contributed by atoms with Gasteiger partial charge in [0.25, 0.3) is 0 Å². The van der Waals surface area contributed by atoms with Gasteiger partial charge in [-0.3, -0.25) is 0 Å². The van der Waals surface area contributed by atoms with Gasteiger partial charge in [0, 0.05) is 52.4 Å². The minimum absolute atomic E-state index is 0. The molecule has 21 heavy (non-hydrogen) atoms. The van der Waals surface area contributed by atoms with Crippen molar-refractivity contribution in [2.45, 2.75) is 0 Å². The molecule has 0 amide bonds. The van der Waals surface area contributed by atoms with Crippen LogP contribution in [0.4, 0.5) is 0 Å². The van der Waals surface area contributed by atoms with Crippen LogP contribution in [0.2, 0.25) is 0 Å². The Morgan fingerprint density at radius 3 is 0.190 bits per heavy atom. The topological polar surface area (TPSA) is 370 Å². The van der Waals surface area contributed by atoms with Crippen LogP contribution in [0.25, 0.3) is 0 Å². The van der Waals surface area contributed by atoms with Crippen molar-refractivity contribution in [1.82, 2.24) is 0 Å². The zero-order valence-electron chi connectivity index (χ0n) is 8.62. The van der Waals surface area contributed by atoms with Crippen LogP contribution in [-0.4, -0.2) is 107 Å². The summed E-state index contributed by atoms with van der Waals surface area (Å²) in [4.78, 5) is 0. The third kappa shape index (κ3) is 456. The average molecular weight is 1440 g/mol. The summed E-state index contributed by atoms with van der Waals surface area (Å²) in [6, 6.07) is 0. The van der Waals surface area contributed by atoms with E-state index in [4.69, 9.17) is 0 Å². The molecule has 0 saturated heterocycles. The van der Waals surface area contributed by atoms with Crippen molar-refractivity contribution in [2.24, 2.45) is 0 Å². The first-order chi connectivity index (χ1) is 0. The summed E-state index contributed by atoms with van der Waals surface area (Å²) >= 11 is 0. The van der Waals surface area contributed by atoms with Gasteiger partial charge in [0.1, 0.15) is 0 Å². The average Bonchev–Trinajstić information content (AvgIpc) is 0. The van der Waals surface area contributed by atoms with Crippen molar-refractivity contribution in [3.8, 4) is 0 Å². The summed E-state index contributed by atoms with van der Waals surface area (Å²) in [6.07, 6.45) is 0. The molecule has 0 aromatic carbocycles. The van der Waals surface area contributed by atoms with Crippen LogP contribution in [0.1, 0.15) is 0 Å². The maximum Gasteiger partial charge on any atom is 4.00 e. The minimum atomic E-state index is 0. The second-order valence-electron chi connectivity index (χ2n) is 0. The Labute approximate surface area is 251 Å². The molecule has 21 heteroatoms. The molecule has 0 N–H and O–H groups in total. The molecule has 10 radical (unpaired) electrons. The fraction of sp³-hybridized carbons (Fsp3) is 0. The van der Waals surface area contributed by atoms with Gasteiger partial charge >= 0.3 is 133 Å². The summed E-state index contributed by atoms with van der Waals surface area (Å²) in [6.45, 7) is 0. The molecular weight excluding hydrogens is 1440 g/mol. The standard InChI is InChI=1S/2Bi.13O.2Pb.4Ru/q;;13*-2;2*+2;4*+4. The van der Waals surface area contributed by atoms with E-state index in [0.29, 0.717) is 0 Å². The molecule has 0 fully saturated rings. The monoisotopic (exact) mass is 1450 g/mol. The van der Waals surface area contributed by atoms with Crippen molar-refractivity contribution < 1.29 is 149 Å². The van der Waals surface area contributed by atoms with Crippen LogP contribution >= 0.6 is 0 Å². The minimum Gasteiger partial charge on any atom is -2.00 e. The van der Waals surface area contributed by atoms with Crippen molar-refractivity contribution in [3.63, 3.8) is 0 Å². The summed E-state index contributed by atoms with van der Waals surface area (Å²) in [7, 11) is 0. The van der Waals surface area contributed by atoms with E-state index in [1.54, 1.807) is 0 Å². The number of hydrogen-bond donors (Lipinski definition) is 0. The Balaban J connectivity index is 0. The second-order valence-corrected chi connectivity index (χ2v) is 0. The maximum absolute atomic E-state index is 0. The summed E-state index contributed by atoms with van der Waals surface area (Å²) in [5.74, 6) is 0. The summed E-state index contributed by atoms with van der Waals surface area (Å²) < 4.78 is 0. The van der Waals surface area contributed by atoms with Gasteiger partial charge in [-0.25, -0.2) is 0 Å². The Kier molecular flexibility index (Phi) is 13200. The first-order valence-corrected chi connectivity index (χ1v) is 0. The molecule has 0 atom stereocenters. The number of rotatable bonds is 0. The van der Waals surface area contributed by atoms with E-state index in [0.717, 1.165) is 0 Å². The number of hydrogen-bond acceptors (Lipinski definition) is 0. The molecule has 0 aliphatic rings. The third-order valence-electron chi connectivity index (χ3n) is 0. The van der Waals surface area contributed by atoms with Crippen LogP contribution in [0.5, 0.6) is 0 Å². The quantitative estimate of drug-likeness (QED) is 0.218. The fourth-order valence-corrected chi connectivity index (χ4v) is 0. The van der Waals surface area contributed by atoms with E-state index >= 15 is 0 Å². The molecule has 0 aliphatic heterocycles. The smallest absolute Gasteiger partial charge is 2.00 e. The van der Waals surface area contributed by atoms with Crippen molar-refractivity contribution in [1.29, 1.82) is 0 Å². The van der Waals surface area contributed by atoms with E-state index in [1.165, 1.54) is 0 Å². The van der Waals surface area contributed by atoms with Gasteiger partial charge in [0.15, 0.2) is 0 Å². The molecular formula is Bi2O13Pb2Ru4-6. The molecule has 0 saturated carbocycles. The van der Waals surface area contributed by atoms with Crippen LogP contribution in [0, 0.1) is 0 Å². The van der Waals surface area contributed by atoms with Crippen LogP contribution in [0.15, 0.2) is 0 Å². The van der Waals surface area contributed by atoms with Crippen LogP contribution < -0.4 is 0 Å². The Hall–Kier alpha value is 5.58. The molecule has 134 valence electrons. The van der Waals surface area contributed by atoms with Gasteiger partial charge in [-0.1, -0.05) is 0 Å². The Morgan fingerprint density at radius 2 is 0.190 bits per heavy atom. The van der Waals surface area contributed by atoms with Gasteiger partial charge in [-0.15, -0.1) is 0 Å². The molecule has 0 aliphatic carbocycles. The predicted molar refractivity (Wildman–Crippen MR) is 31.9 cm³/mol. The first-order valence-electron chi connectivity index (χ1n) is 0. The van der Waals surface area contributed by atoms with Crippen molar-refractivity contribution in [2.75, 3.05) is 0 Å². The molecule has 0 bridgehead atoms. The molecule has 0 aromatic heterocycles. The van der Waals surface area contributed by atoms with E-state index in [9.17, 15) is 0 Å². The van der Waals surface area contributed by atoms with E-state index in [-0.39, 0.29) is 256 Å². The fourth-order valence-electron chi connectivity index (χ4n) is 0. The van der Waals surface area contributed by atoms with Gasteiger partial charge in [0.2, 0.25) is 0 Å². The normalized spacial score (nSPS) is 0. The van der Waals surface area contributed by atoms with Gasteiger partial charge in [-0.05, 0) is 0 Å². The van der Waals surface area contributed by atoms with Gasteiger partial charge in [0.05, 0.1) is 0 Å². The Morgan fingerprint density at radius 1 is 0.190 bits per heavy atom. The van der Waals surface area contributed by atoms with Crippen molar-refractivity contribution >= 4 is 107 Å². The zero-order chi connectivity index (χ0) is 0. The van der Waals surface area contributed by atoms with Gasteiger partial charge < -0.3 is 71.2 Å². The SMILES string of the molecule is [Bi].[Bi].[O-2].[O-2].[O-2].[O-2].[O-2].[O-2].[O-2].[O-2].[O-2].[O-2].[O-2].[O-2].[O-2].[Pb+2].[Pb+2].[Ru+4].[Ru+4].[Ru+4].[Ru+4]. The molecule has 13 nitrogen and oxygen atoms in total. The third-order valence-corrected chi connectivity index (χ3v) is 0. The van der Waals surface area contributed by atoms with Crippen LogP contribution in [0.3, 0.4) is 0 Å². The summed E-state index contributed by atoms with van der Waals surface area (Å²) in [5.41, 5.74) is 0. The Bertz CT molecular complexity index is 32.1. The van der Waals surface area contributed by atoms with Gasteiger partial charge in [-0.2, -0.15) is 0 Å². The molecule has 0 unspecified atom stereocenters. The second kappa shape index (κ2) is 496. The van der Waals surface area contributed by atoms with E-state index < -0.39 is 0 Å². The first kappa shape index (κ1) is 558. The summed E-state index contributed by atoms with van der Waals surface area (Å²) in [5, 5.41) is 0. The molecule has 0 heterocycles. The molecule has 0 rings (SSSR count). The predicted octanol–water partition coefficient (Wildman–Crippen LogP) is -3.08. The molecule has 0 spiro atoms. The van der Waals surface area contributed by atoms with E-state index in [2.05, 4.69) is 0 Å². The molecule has 0 aromatic rings. The zero-order valence-corrected chi connectivity index (χ0v) is 30.3.